The molecule has 0 radical (unpaired) electrons. The molecule has 3 nitrogen and oxygen atoms in total. The van der Waals surface area contributed by atoms with E-state index >= 15 is 0 Å². The van der Waals surface area contributed by atoms with E-state index in [0.29, 0.717) is 30.5 Å². The number of Topliss-reactive ketones (excluding diaryl/α,β-unsaturated/α-hetero) is 2. The van der Waals surface area contributed by atoms with Gasteiger partial charge in [0.25, 0.3) is 0 Å². The lowest BCUT2D eigenvalue weighted by Crippen LogP contribution is -2.50. The molecule has 3 aliphatic carbocycles. The maximum Gasteiger partial charge on any atom is 0.164 e. The van der Waals surface area contributed by atoms with Crippen LogP contribution in [0.5, 0.6) is 0 Å². The molecule has 0 unspecified atom stereocenters. The van der Waals surface area contributed by atoms with Crippen molar-refractivity contribution in [1.82, 2.24) is 0 Å². The van der Waals surface area contributed by atoms with E-state index in [1.54, 1.807) is 5.57 Å². The zero-order valence-corrected chi connectivity index (χ0v) is 22.3. The van der Waals surface area contributed by atoms with Crippen LogP contribution < -0.4 is 0 Å². The molecule has 3 heteroatoms. The summed E-state index contributed by atoms with van der Waals surface area (Å²) >= 11 is 0. The van der Waals surface area contributed by atoms with Gasteiger partial charge in [-0.3, -0.25) is 9.59 Å². The molecule has 1 heterocycles. The first-order valence-corrected chi connectivity index (χ1v) is 13.4. The van der Waals surface area contributed by atoms with Gasteiger partial charge in [-0.15, -0.1) is 0 Å². The van der Waals surface area contributed by atoms with Crippen LogP contribution in [0.15, 0.2) is 23.3 Å². The molecule has 0 spiro atoms. The molecule has 0 amide bonds. The van der Waals surface area contributed by atoms with E-state index in [1.807, 2.05) is 13.8 Å². The predicted octanol–water partition coefficient (Wildman–Crippen LogP) is 7.24. The van der Waals surface area contributed by atoms with Crippen molar-refractivity contribution in [2.75, 3.05) is 0 Å². The molecule has 0 aromatic heterocycles. The third-order valence-corrected chi connectivity index (χ3v) is 10.6. The summed E-state index contributed by atoms with van der Waals surface area (Å²) in [6.07, 6.45) is 12.5. The average Bonchev–Trinajstić information content (AvgIpc) is 2.81. The Morgan fingerprint density at radius 3 is 2.33 bits per heavy atom. The van der Waals surface area contributed by atoms with Gasteiger partial charge in [-0.05, 0) is 87.9 Å². The smallest absolute Gasteiger partial charge is 0.164 e. The summed E-state index contributed by atoms with van der Waals surface area (Å²) in [7, 11) is 0. The van der Waals surface area contributed by atoms with E-state index < -0.39 is 5.60 Å². The topological polar surface area (TPSA) is 43.4 Å². The number of carbonyl (C=O) groups is 2. The average molecular weight is 455 g/mol. The van der Waals surface area contributed by atoms with Gasteiger partial charge in [-0.25, -0.2) is 0 Å². The minimum absolute atomic E-state index is 0.0438. The van der Waals surface area contributed by atoms with E-state index in [4.69, 9.17) is 4.74 Å². The van der Waals surface area contributed by atoms with E-state index in [2.05, 4.69) is 53.7 Å². The molecule has 0 N–H and O–H groups in total. The van der Waals surface area contributed by atoms with Gasteiger partial charge in [0.15, 0.2) is 5.78 Å². The molecule has 6 atom stereocenters. The molecule has 0 bridgehead atoms. The molecule has 0 aromatic carbocycles. The van der Waals surface area contributed by atoms with Crippen LogP contribution in [0.2, 0.25) is 0 Å². The van der Waals surface area contributed by atoms with Crippen LogP contribution in [0.4, 0.5) is 0 Å². The van der Waals surface area contributed by atoms with Gasteiger partial charge in [0.05, 0.1) is 6.10 Å². The summed E-state index contributed by atoms with van der Waals surface area (Å²) < 4.78 is 6.54. The van der Waals surface area contributed by atoms with E-state index in [9.17, 15) is 9.59 Å². The van der Waals surface area contributed by atoms with Gasteiger partial charge in [0.2, 0.25) is 0 Å². The van der Waals surface area contributed by atoms with Crippen molar-refractivity contribution in [2.24, 2.45) is 34.0 Å². The Bertz CT molecular complexity index is 890. The first-order chi connectivity index (χ1) is 15.2. The summed E-state index contributed by atoms with van der Waals surface area (Å²) in [5, 5.41) is 0. The van der Waals surface area contributed by atoms with Gasteiger partial charge < -0.3 is 4.74 Å². The number of rotatable bonds is 3. The van der Waals surface area contributed by atoms with Crippen molar-refractivity contribution < 1.29 is 14.3 Å². The van der Waals surface area contributed by atoms with Crippen LogP contribution in [0, 0.1) is 34.0 Å². The zero-order valence-electron chi connectivity index (χ0n) is 22.3. The fourth-order valence-corrected chi connectivity index (χ4v) is 8.28. The van der Waals surface area contributed by atoms with Gasteiger partial charge >= 0.3 is 0 Å². The molecule has 0 aromatic rings. The van der Waals surface area contributed by atoms with Gasteiger partial charge in [-0.2, -0.15) is 0 Å². The van der Waals surface area contributed by atoms with Crippen molar-refractivity contribution in [3.8, 4) is 0 Å². The third-order valence-electron chi connectivity index (χ3n) is 10.6. The zero-order chi connectivity index (χ0) is 24.4. The highest BCUT2D eigenvalue weighted by Crippen LogP contribution is 2.59. The first-order valence-electron chi connectivity index (χ1n) is 13.4. The number of hydrogen-bond donors (Lipinski definition) is 0. The number of ketones is 2. The van der Waals surface area contributed by atoms with E-state index in [1.165, 1.54) is 12.0 Å². The fourth-order valence-electron chi connectivity index (χ4n) is 8.28. The highest BCUT2D eigenvalue weighted by molar-refractivity contribution is 5.87. The number of ether oxygens (including phenoxy) is 1. The quantitative estimate of drug-likeness (QED) is 0.451. The maximum atomic E-state index is 12.8. The molecule has 1 aliphatic heterocycles. The molecule has 33 heavy (non-hydrogen) atoms. The number of fused-ring (bicyclic) bond motifs is 2. The Morgan fingerprint density at radius 1 is 0.970 bits per heavy atom. The Morgan fingerprint density at radius 2 is 1.64 bits per heavy atom. The summed E-state index contributed by atoms with van der Waals surface area (Å²) in [5.74, 6) is 2.12. The van der Waals surface area contributed by atoms with E-state index in [0.717, 1.165) is 32.1 Å². The Hall–Kier alpha value is -1.22. The van der Waals surface area contributed by atoms with Crippen LogP contribution in [-0.4, -0.2) is 23.3 Å². The third kappa shape index (κ3) is 3.91. The second-order valence-corrected chi connectivity index (χ2v) is 13.3. The Labute approximate surface area is 201 Å². The molecule has 3 fully saturated rings. The standard InChI is InChI=1S/C30H46O3/c1-19-9-13-23-27(3,4)24(31)15-17-29(23,7)21(19)11-12-22-20(2)10-14-26-30(22,8)18-16-25(32)28(5,6)33-26/h9,13,20,22-23,26H,10-12,14-18H2,1-8H3/t20-,22-,23-,26+,29-,30+/m0/s1. The largest absolute Gasteiger partial charge is 0.364 e. The second kappa shape index (κ2) is 8.18. The summed E-state index contributed by atoms with van der Waals surface area (Å²) in [4.78, 5) is 25.5. The molecular weight excluding hydrogens is 408 g/mol. The summed E-state index contributed by atoms with van der Waals surface area (Å²) in [6, 6.07) is 0. The molecule has 2 saturated carbocycles. The van der Waals surface area contributed by atoms with Crippen molar-refractivity contribution in [2.45, 2.75) is 118 Å². The summed E-state index contributed by atoms with van der Waals surface area (Å²) in [5.41, 5.74) is 2.11. The van der Waals surface area contributed by atoms with Gasteiger partial charge in [-0.1, -0.05) is 57.9 Å². The Kier molecular flexibility index (Phi) is 6.17. The van der Waals surface area contributed by atoms with Gasteiger partial charge in [0, 0.05) is 18.3 Å². The number of carbonyl (C=O) groups excluding carboxylic acids is 2. The molecular formula is C30H46O3. The maximum absolute atomic E-state index is 12.8. The van der Waals surface area contributed by atoms with Gasteiger partial charge in [0.1, 0.15) is 11.4 Å². The van der Waals surface area contributed by atoms with Crippen LogP contribution in [0.3, 0.4) is 0 Å². The first kappa shape index (κ1) is 24.9. The molecule has 1 saturated heterocycles. The van der Waals surface area contributed by atoms with Crippen molar-refractivity contribution in [3.63, 3.8) is 0 Å². The van der Waals surface area contributed by atoms with Crippen LogP contribution in [0.25, 0.3) is 0 Å². The van der Waals surface area contributed by atoms with Crippen LogP contribution in [0.1, 0.15) is 107 Å². The van der Waals surface area contributed by atoms with Crippen molar-refractivity contribution >= 4 is 11.6 Å². The van der Waals surface area contributed by atoms with Crippen molar-refractivity contribution in [1.29, 1.82) is 0 Å². The highest BCUT2D eigenvalue weighted by Gasteiger charge is 2.54. The van der Waals surface area contributed by atoms with Crippen LogP contribution in [-0.2, 0) is 14.3 Å². The van der Waals surface area contributed by atoms with E-state index in [-0.39, 0.29) is 34.1 Å². The second-order valence-electron chi connectivity index (χ2n) is 13.3. The lowest BCUT2D eigenvalue weighted by molar-refractivity contribution is -0.165. The number of allylic oxidation sites excluding steroid dienone is 4. The fraction of sp³-hybridized carbons (Fsp3) is 0.800. The Balaban J connectivity index is 1.60. The molecule has 4 rings (SSSR count). The lowest BCUT2D eigenvalue weighted by atomic mass is 9.50. The predicted molar refractivity (Wildman–Crippen MR) is 134 cm³/mol. The number of hydrogen-bond acceptors (Lipinski definition) is 3. The lowest BCUT2D eigenvalue weighted by Gasteiger charge is -2.53. The monoisotopic (exact) mass is 454 g/mol. The minimum Gasteiger partial charge on any atom is -0.364 e. The minimum atomic E-state index is -0.665. The molecule has 4 aliphatic rings. The van der Waals surface area contributed by atoms with Crippen LogP contribution >= 0.6 is 0 Å². The molecule has 184 valence electrons. The highest BCUT2D eigenvalue weighted by atomic mass is 16.5. The summed E-state index contributed by atoms with van der Waals surface area (Å²) in [6.45, 7) is 17.7. The van der Waals surface area contributed by atoms with Crippen molar-refractivity contribution in [3.05, 3.63) is 23.3 Å². The SMILES string of the molecule is CC1=C(CC[C@H]2[C@@H](C)CC[C@H]3OC(C)(C)C(=O)CC[C@@]32C)[C@]2(C)CCC(=O)C(C)(C)[C@@H]2C=C1. The normalized spacial score (nSPS) is 42.5.